The third kappa shape index (κ3) is 8.80. The van der Waals surface area contributed by atoms with Gasteiger partial charge in [0.1, 0.15) is 11.4 Å². The highest BCUT2D eigenvalue weighted by Crippen LogP contribution is 2.35. The van der Waals surface area contributed by atoms with Crippen LogP contribution in [0.5, 0.6) is 5.75 Å². The number of nitrogens with one attached hydrogen (secondary N) is 2. The molecule has 254 valence electrons. The molecule has 0 spiro atoms. The average molecular weight is 737 g/mol. The van der Waals surface area contributed by atoms with Crippen molar-refractivity contribution >= 4 is 48.7 Å². The average Bonchev–Trinajstić information content (AvgIpc) is 3.51. The highest BCUT2D eigenvalue weighted by atomic mass is 79.9. The van der Waals surface area contributed by atoms with E-state index in [4.69, 9.17) is 9.47 Å². The van der Waals surface area contributed by atoms with Gasteiger partial charge in [-0.1, -0.05) is 40.2 Å². The van der Waals surface area contributed by atoms with Gasteiger partial charge in [0.2, 0.25) is 15.9 Å². The summed E-state index contributed by atoms with van der Waals surface area (Å²) in [5.74, 6) is -4.36. The van der Waals surface area contributed by atoms with E-state index in [0.29, 0.717) is 28.5 Å². The van der Waals surface area contributed by atoms with Crippen molar-refractivity contribution in [2.45, 2.75) is 93.9 Å². The molecule has 0 bridgehead atoms. The minimum atomic E-state index is -4.62. The standard InChI is InChI=1S/C34H40BrF2N3O6S/c1-33(2,3)46-32(42)38-26-7-6-18-40(21-26)31(41)30(34(36,37)24-12-14-25(35)15-13-24)39-47(43,44)29-17-11-22-19-28(16-10-23(22)20-29)45-27-8-4-5-9-27/h10-17,19-20,26-27,30,39H,4-9,18,21H2,1-3H3,(H,38,42)/t26-,30?/m1/s1. The number of hydrogen-bond acceptors (Lipinski definition) is 6. The van der Waals surface area contributed by atoms with Crippen molar-refractivity contribution in [2.24, 2.45) is 0 Å². The van der Waals surface area contributed by atoms with E-state index in [1.54, 1.807) is 39.0 Å². The Labute approximate surface area is 282 Å². The molecule has 5 rings (SSSR count). The highest BCUT2D eigenvalue weighted by Gasteiger charge is 2.50. The maximum absolute atomic E-state index is 16.3. The number of amides is 2. The van der Waals surface area contributed by atoms with Crippen LogP contribution >= 0.6 is 15.9 Å². The Hall–Kier alpha value is -3.29. The van der Waals surface area contributed by atoms with Gasteiger partial charge in [0.15, 0.2) is 6.04 Å². The third-order valence-corrected chi connectivity index (χ3v) is 10.2. The molecule has 1 saturated carbocycles. The van der Waals surface area contributed by atoms with Crippen LogP contribution in [0.3, 0.4) is 0 Å². The lowest BCUT2D eigenvalue weighted by Crippen LogP contribution is -2.59. The molecule has 2 atom stereocenters. The summed E-state index contributed by atoms with van der Waals surface area (Å²) >= 11 is 3.23. The van der Waals surface area contributed by atoms with E-state index in [0.717, 1.165) is 48.1 Å². The van der Waals surface area contributed by atoms with Crippen molar-refractivity contribution < 1.29 is 36.3 Å². The van der Waals surface area contributed by atoms with E-state index in [2.05, 4.69) is 26.0 Å². The fourth-order valence-electron chi connectivity index (χ4n) is 5.93. The van der Waals surface area contributed by atoms with E-state index in [9.17, 15) is 18.0 Å². The fourth-order valence-corrected chi connectivity index (χ4v) is 7.42. The van der Waals surface area contributed by atoms with Gasteiger partial charge in [-0.05, 0) is 106 Å². The van der Waals surface area contributed by atoms with Gasteiger partial charge in [-0.3, -0.25) is 4.79 Å². The molecule has 2 fully saturated rings. The number of benzene rings is 3. The van der Waals surface area contributed by atoms with Crippen molar-refractivity contribution in [3.05, 3.63) is 70.7 Å². The summed E-state index contributed by atoms with van der Waals surface area (Å²) in [6.07, 6.45) is 4.59. The second-order valence-corrected chi connectivity index (χ2v) is 15.8. The minimum Gasteiger partial charge on any atom is -0.490 e. The summed E-state index contributed by atoms with van der Waals surface area (Å²) in [6.45, 7) is 5.16. The van der Waals surface area contributed by atoms with Gasteiger partial charge in [-0.25, -0.2) is 13.2 Å². The first kappa shape index (κ1) is 35.0. The van der Waals surface area contributed by atoms with E-state index in [-0.39, 0.29) is 24.1 Å². The molecule has 1 saturated heterocycles. The first-order valence-corrected chi connectivity index (χ1v) is 18.0. The first-order chi connectivity index (χ1) is 22.1. The zero-order valence-electron chi connectivity index (χ0n) is 26.6. The lowest BCUT2D eigenvalue weighted by molar-refractivity contribution is -0.145. The van der Waals surface area contributed by atoms with Crippen LogP contribution in [0.4, 0.5) is 13.6 Å². The Kier molecular flexibility index (Phi) is 10.5. The van der Waals surface area contributed by atoms with Crippen LogP contribution < -0.4 is 14.8 Å². The maximum Gasteiger partial charge on any atom is 0.407 e. The van der Waals surface area contributed by atoms with Crippen LogP contribution in [0.15, 0.2) is 70.0 Å². The highest BCUT2D eigenvalue weighted by molar-refractivity contribution is 9.10. The number of likely N-dealkylation sites (tertiary alicyclic amines) is 1. The number of alkyl carbamates (subject to hydrolysis) is 1. The van der Waals surface area contributed by atoms with Crippen LogP contribution in [-0.2, 0) is 25.5 Å². The number of alkyl halides is 2. The summed E-state index contributed by atoms with van der Waals surface area (Å²) in [6, 6.07) is 11.7. The van der Waals surface area contributed by atoms with E-state index >= 15 is 8.78 Å². The van der Waals surface area contributed by atoms with Crippen molar-refractivity contribution in [1.82, 2.24) is 14.9 Å². The second kappa shape index (κ2) is 14.1. The van der Waals surface area contributed by atoms with Gasteiger partial charge in [0.25, 0.3) is 5.92 Å². The molecule has 9 nitrogen and oxygen atoms in total. The molecule has 2 amide bonds. The third-order valence-electron chi connectivity index (χ3n) is 8.26. The monoisotopic (exact) mass is 735 g/mol. The van der Waals surface area contributed by atoms with Crippen molar-refractivity contribution in [3.63, 3.8) is 0 Å². The second-order valence-electron chi connectivity index (χ2n) is 13.1. The van der Waals surface area contributed by atoms with Gasteiger partial charge >= 0.3 is 6.09 Å². The molecule has 0 aromatic heterocycles. The lowest BCUT2D eigenvalue weighted by atomic mass is 9.98. The molecule has 1 aliphatic heterocycles. The van der Waals surface area contributed by atoms with Gasteiger partial charge in [-0.15, -0.1) is 0 Å². The van der Waals surface area contributed by atoms with Crippen molar-refractivity contribution in [2.75, 3.05) is 13.1 Å². The Morgan fingerprint density at radius 2 is 1.60 bits per heavy atom. The summed E-state index contributed by atoms with van der Waals surface area (Å²) in [5.41, 5.74) is -1.28. The predicted molar refractivity (Wildman–Crippen MR) is 178 cm³/mol. The Balaban J connectivity index is 1.40. The number of hydrogen-bond donors (Lipinski definition) is 2. The minimum absolute atomic E-state index is 0.0893. The van der Waals surface area contributed by atoms with Crippen molar-refractivity contribution in [3.8, 4) is 5.75 Å². The van der Waals surface area contributed by atoms with E-state index in [1.807, 2.05) is 6.07 Å². The topological polar surface area (TPSA) is 114 Å². The van der Waals surface area contributed by atoms with Crippen molar-refractivity contribution in [1.29, 1.82) is 0 Å². The molecular weight excluding hydrogens is 696 g/mol. The van der Waals surface area contributed by atoms with Gasteiger partial charge < -0.3 is 19.7 Å². The van der Waals surface area contributed by atoms with E-state index < -0.39 is 51.2 Å². The van der Waals surface area contributed by atoms with Crippen LogP contribution in [0.25, 0.3) is 10.8 Å². The molecule has 47 heavy (non-hydrogen) atoms. The van der Waals surface area contributed by atoms with Gasteiger partial charge in [-0.2, -0.15) is 13.5 Å². The Morgan fingerprint density at radius 3 is 2.28 bits per heavy atom. The van der Waals surface area contributed by atoms with Gasteiger partial charge in [0, 0.05) is 29.2 Å². The number of carbonyl (C=O) groups excluding carboxylic acids is 2. The molecular formula is C34H40BrF2N3O6S. The molecule has 2 N–H and O–H groups in total. The zero-order valence-corrected chi connectivity index (χ0v) is 29.0. The van der Waals surface area contributed by atoms with Crippen LogP contribution in [0, 0.1) is 0 Å². The summed E-state index contributed by atoms with van der Waals surface area (Å²) in [4.78, 5) is 27.2. The number of carbonyl (C=O) groups is 2. The van der Waals surface area contributed by atoms with E-state index in [1.165, 1.54) is 24.3 Å². The Morgan fingerprint density at radius 1 is 0.936 bits per heavy atom. The van der Waals surface area contributed by atoms with Crippen LogP contribution in [-0.4, -0.2) is 62.2 Å². The lowest BCUT2D eigenvalue weighted by Gasteiger charge is -2.37. The number of nitrogens with zero attached hydrogens (tertiary/aromatic N) is 1. The number of ether oxygens (including phenoxy) is 2. The van der Waals surface area contributed by atoms with Crippen LogP contribution in [0.2, 0.25) is 0 Å². The molecule has 0 radical (unpaired) electrons. The number of rotatable bonds is 9. The fraction of sp³-hybridized carbons (Fsp3) is 0.471. The number of piperidine rings is 1. The van der Waals surface area contributed by atoms with Gasteiger partial charge in [0.05, 0.1) is 11.0 Å². The summed E-state index contributed by atoms with van der Waals surface area (Å²) in [5, 5.41) is 3.99. The maximum atomic E-state index is 16.3. The molecule has 2 aliphatic rings. The largest absolute Gasteiger partial charge is 0.490 e. The number of sulfonamides is 1. The molecule has 3 aromatic rings. The molecule has 1 heterocycles. The molecule has 1 aliphatic carbocycles. The first-order valence-electron chi connectivity index (χ1n) is 15.8. The normalized spacial score (nSPS) is 18.6. The predicted octanol–water partition coefficient (Wildman–Crippen LogP) is 6.88. The molecule has 1 unspecified atom stereocenters. The Bertz CT molecular complexity index is 1710. The quantitative estimate of drug-likeness (QED) is 0.248. The summed E-state index contributed by atoms with van der Waals surface area (Å²) < 4.78 is 74.0. The number of halogens is 3. The SMILES string of the molecule is CC(C)(C)OC(=O)N[C@@H]1CCCN(C(=O)C(NS(=O)(=O)c2ccc3cc(OC4CCCC4)ccc3c2)C(F)(F)c2ccc(Br)cc2)C1. The molecule has 3 aromatic carbocycles. The zero-order chi connectivity index (χ0) is 34.0. The van der Waals surface area contributed by atoms with Crippen LogP contribution in [0.1, 0.15) is 64.9 Å². The molecule has 13 heteroatoms. The smallest absolute Gasteiger partial charge is 0.407 e. The summed E-state index contributed by atoms with van der Waals surface area (Å²) in [7, 11) is -4.62. The number of fused-ring (bicyclic) bond motifs is 1.